The van der Waals surface area contributed by atoms with E-state index in [1.165, 1.54) is 28.1 Å². The van der Waals surface area contributed by atoms with Gasteiger partial charge in [-0.2, -0.15) is 0 Å². The van der Waals surface area contributed by atoms with Gasteiger partial charge in [0.15, 0.2) is 17.0 Å². The van der Waals surface area contributed by atoms with Crippen LogP contribution in [0.4, 0.5) is 5.69 Å². The zero-order chi connectivity index (χ0) is 25.8. The smallest absolute Gasteiger partial charge is 0.260 e. The molecule has 0 bridgehead atoms. The lowest BCUT2D eigenvalue weighted by Crippen LogP contribution is -2.30. The van der Waals surface area contributed by atoms with Gasteiger partial charge in [-0.3, -0.25) is 4.79 Å². The van der Waals surface area contributed by atoms with Gasteiger partial charge in [0.05, 0.1) is 15.6 Å². The number of fused-ring (bicyclic) bond motifs is 1. The molecule has 0 saturated carbocycles. The van der Waals surface area contributed by atoms with E-state index < -0.39 is 0 Å². The summed E-state index contributed by atoms with van der Waals surface area (Å²) in [6.07, 6.45) is 2.89. The number of anilines is 1. The zero-order valence-corrected chi connectivity index (χ0v) is 23.6. The Balaban J connectivity index is 1.31. The molecule has 1 fully saturated rings. The maximum Gasteiger partial charge on any atom is 0.260 e. The molecule has 5 rings (SSSR count). The van der Waals surface area contributed by atoms with Crippen LogP contribution >= 0.6 is 34.4 Å². The van der Waals surface area contributed by atoms with Crippen LogP contribution in [-0.2, 0) is 17.8 Å². The van der Waals surface area contributed by atoms with Gasteiger partial charge in [-0.05, 0) is 86.8 Å². The fraction of sp³-hybridized carbons (Fsp3) is 0.167. The minimum absolute atomic E-state index is 0.0991. The predicted octanol–water partition coefficient (Wildman–Crippen LogP) is 7.19. The van der Waals surface area contributed by atoms with Crippen LogP contribution in [0, 0.1) is 3.57 Å². The molecule has 1 aliphatic rings. The summed E-state index contributed by atoms with van der Waals surface area (Å²) in [5.74, 6) is 1.22. The molecule has 0 spiro atoms. The van der Waals surface area contributed by atoms with Crippen molar-refractivity contribution in [2.45, 2.75) is 25.4 Å². The van der Waals surface area contributed by atoms with Crippen LogP contribution in [0.3, 0.4) is 0 Å². The standard InChI is InChI=1S/C30H27IN2O3S/c1-3-19-11-13-23(14-12-19)32-30-33-29(34)27(37-30)17-20-15-25(31)28(26(16-20)35-2)36-18-22-9-6-8-21-7-4-5-10-24(21)22/h4-17,30,32H,3,18H2,1-2H3,(H,33,34)/b27-17-/t30-/m0/s1. The Labute approximate surface area is 234 Å². The van der Waals surface area contributed by atoms with Crippen LogP contribution in [0.5, 0.6) is 11.5 Å². The fourth-order valence-corrected chi connectivity index (χ4v) is 6.00. The van der Waals surface area contributed by atoms with E-state index in [4.69, 9.17) is 9.47 Å². The number of benzene rings is 4. The van der Waals surface area contributed by atoms with Crippen LogP contribution in [0.2, 0.25) is 0 Å². The van der Waals surface area contributed by atoms with Crippen molar-refractivity contribution < 1.29 is 14.3 Å². The summed E-state index contributed by atoms with van der Waals surface area (Å²) in [5.41, 5.74) is 4.02. The molecule has 5 nitrogen and oxygen atoms in total. The number of nitrogens with one attached hydrogen (secondary N) is 2. The second kappa shape index (κ2) is 11.5. The lowest BCUT2D eigenvalue weighted by Gasteiger charge is -2.15. The minimum Gasteiger partial charge on any atom is -0.493 e. The molecule has 0 radical (unpaired) electrons. The highest BCUT2D eigenvalue weighted by atomic mass is 127. The van der Waals surface area contributed by atoms with Gasteiger partial charge in [0.1, 0.15) is 6.61 Å². The number of methoxy groups -OCH3 is 1. The third-order valence-electron chi connectivity index (χ3n) is 6.19. The van der Waals surface area contributed by atoms with Crippen molar-refractivity contribution in [3.8, 4) is 11.5 Å². The molecule has 1 saturated heterocycles. The predicted molar refractivity (Wildman–Crippen MR) is 161 cm³/mol. The molecule has 1 aliphatic heterocycles. The molecular formula is C30H27IN2O3S. The van der Waals surface area contributed by atoms with E-state index in [9.17, 15) is 4.79 Å². The highest BCUT2D eigenvalue weighted by Crippen LogP contribution is 2.37. The summed E-state index contributed by atoms with van der Waals surface area (Å²) >= 11 is 3.72. The number of rotatable bonds is 8. The normalized spacial score (nSPS) is 16.1. The van der Waals surface area contributed by atoms with E-state index in [1.807, 2.05) is 48.5 Å². The number of carbonyl (C=O) groups is 1. The van der Waals surface area contributed by atoms with Gasteiger partial charge in [-0.15, -0.1) is 0 Å². The van der Waals surface area contributed by atoms with Crippen LogP contribution in [0.25, 0.3) is 16.8 Å². The van der Waals surface area contributed by atoms with E-state index in [1.54, 1.807) is 7.11 Å². The number of amides is 1. The Hall–Kier alpha value is -3.17. The average Bonchev–Trinajstić information content (AvgIpc) is 3.26. The fourth-order valence-electron chi connectivity index (χ4n) is 4.24. The summed E-state index contributed by atoms with van der Waals surface area (Å²) in [6.45, 7) is 2.56. The van der Waals surface area contributed by atoms with Crippen molar-refractivity contribution in [3.05, 3.63) is 104 Å². The first-order valence-corrected chi connectivity index (χ1v) is 14.0. The Kier molecular flexibility index (Phi) is 7.90. The highest BCUT2D eigenvalue weighted by Gasteiger charge is 2.27. The number of carbonyl (C=O) groups excluding carboxylic acids is 1. The third-order valence-corrected chi connectivity index (χ3v) is 8.02. The SMILES string of the molecule is CCc1ccc(N[C@H]2NC(=O)/C(=C/c3cc(I)c(OCc4cccc5ccccc45)c(OC)c3)S2)cc1. The number of ether oxygens (including phenoxy) is 2. The third kappa shape index (κ3) is 5.88. The van der Waals surface area contributed by atoms with E-state index in [0.717, 1.165) is 26.8 Å². The molecule has 0 aromatic heterocycles. The van der Waals surface area contributed by atoms with E-state index in [-0.39, 0.29) is 11.4 Å². The van der Waals surface area contributed by atoms with Crippen molar-refractivity contribution in [2.24, 2.45) is 0 Å². The molecule has 2 N–H and O–H groups in total. The Morgan fingerprint density at radius 2 is 1.84 bits per heavy atom. The zero-order valence-electron chi connectivity index (χ0n) is 20.6. The molecule has 37 heavy (non-hydrogen) atoms. The second-order valence-electron chi connectivity index (χ2n) is 8.64. The number of thioether (sulfide) groups is 1. The first-order valence-electron chi connectivity index (χ1n) is 12.1. The molecule has 1 atom stereocenters. The van der Waals surface area contributed by atoms with Gasteiger partial charge in [-0.25, -0.2) is 0 Å². The number of halogens is 1. The molecule has 188 valence electrons. The van der Waals surface area contributed by atoms with Gasteiger partial charge in [0.25, 0.3) is 5.91 Å². The van der Waals surface area contributed by atoms with Gasteiger partial charge in [-0.1, -0.05) is 73.3 Å². The summed E-state index contributed by atoms with van der Waals surface area (Å²) in [4.78, 5) is 13.3. The minimum atomic E-state index is -0.226. The van der Waals surface area contributed by atoms with Crippen molar-refractivity contribution in [1.82, 2.24) is 5.32 Å². The first kappa shape index (κ1) is 25.5. The van der Waals surface area contributed by atoms with Gasteiger partial charge in [0.2, 0.25) is 0 Å². The molecule has 7 heteroatoms. The summed E-state index contributed by atoms with van der Waals surface area (Å²) in [7, 11) is 1.63. The topological polar surface area (TPSA) is 59.6 Å². The van der Waals surface area contributed by atoms with Crippen molar-refractivity contribution in [3.63, 3.8) is 0 Å². The quantitative estimate of drug-likeness (QED) is 0.161. The number of hydrogen-bond acceptors (Lipinski definition) is 5. The molecule has 1 heterocycles. The Bertz CT molecular complexity index is 1460. The number of aryl methyl sites for hydroxylation is 1. The molecule has 0 unspecified atom stereocenters. The van der Waals surface area contributed by atoms with Crippen LogP contribution in [-0.4, -0.2) is 18.5 Å². The maximum atomic E-state index is 12.7. The lowest BCUT2D eigenvalue weighted by atomic mass is 10.1. The van der Waals surface area contributed by atoms with Crippen molar-refractivity contribution in [2.75, 3.05) is 12.4 Å². The summed E-state index contributed by atoms with van der Waals surface area (Å²) in [6, 6.07) is 26.7. The monoisotopic (exact) mass is 622 g/mol. The summed E-state index contributed by atoms with van der Waals surface area (Å²) in [5, 5.41) is 8.73. The van der Waals surface area contributed by atoms with Crippen LogP contribution < -0.4 is 20.1 Å². The highest BCUT2D eigenvalue weighted by molar-refractivity contribution is 14.1. The van der Waals surface area contributed by atoms with Crippen LogP contribution in [0.1, 0.15) is 23.6 Å². The molecule has 0 aliphatic carbocycles. The molecular weight excluding hydrogens is 595 g/mol. The number of hydrogen-bond donors (Lipinski definition) is 2. The van der Waals surface area contributed by atoms with Crippen molar-refractivity contribution >= 4 is 62.8 Å². The van der Waals surface area contributed by atoms with Gasteiger partial charge < -0.3 is 20.1 Å². The van der Waals surface area contributed by atoms with Gasteiger partial charge in [0, 0.05) is 5.69 Å². The van der Waals surface area contributed by atoms with Crippen LogP contribution in [0.15, 0.2) is 83.8 Å². The van der Waals surface area contributed by atoms with E-state index >= 15 is 0 Å². The molecule has 4 aromatic rings. The largest absolute Gasteiger partial charge is 0.493 e. The maximum absolute atomic E-state index is 12.7. The van der Waals surface area contributed by atoms with Gasteiger partial charge >= 0.3 is 0 Å². The first-order chi connectivity index (χ1) is 18.0. The second-order valence-corrected chi connectivity index (χ2v) is 10.9. The Morgan fingerprint density at radius 1 is 1.05 bits per heavy atom. The molecule has 4 aromatic carbocycles. The van der Waals surface area contributed by atoms with Crippen molar-refractivity contribution in [1.29, 1.82) is 0 Å². The lowest BCUT2D eigenvalue weighted by molar-refractivity contribution is -0.116. The van der Waals surface area contributed by atoms with E-state index in [2.05, 4.69) is 76.5 Å². The average molecular weight is 623 g/mol. The van der Waals surface area contributed by atoms with E-state index in [0.29, 0.717) is 23.0 Å². The summed E-state index contributed by atoms with van der Waals surface area (Å²) < 4.78 is 12.8. The molecule has 1 amide bonds. The Morgan fingerprint density at radius 3 is 2.62 bits per heavy atom.